The van der Waals surface area contributed by atoms with E-state index in [-0.39, 0.29) is 31.5 Å². The van der Waals surface area contributed by atoms with E-state index in [4.69, 9.17) is 25.1 Å². The maximum atomic E-state index is 12.7. The first kappa shape index (κ1) is 27.2. The lowest BCUT2D eigenvalue weighted by molar-refractivity contribution is -0.137. The monoisotopic (exact) mass is 516 g/mol. The number of nitrogens with two attached hydrogens (primary N) is 1. The molecule has 0 aromatic heterocycles. The maximum absolute atomic E-state index is 12.7. The second-order valence-electron chi connectivity index (χ2n) is 8.57. The summed E-state index contributed by atoms with van der Waals surface area (Å²) in [6, 6.07) is 12.3. The zero-order chi connectivity index (χ0) is 25.7. The van der Waals surface area contributed by atoms with Gasteiger partial charge in [0.1, 0.15) is 12.4 Å². The topological polar surface area (TPSA) is 124 Å². The fourth-order valence-corrected chi connectivity index (χ4v) is 4.36. The van der Waals surface area contributed by atoms with Crippen molar-refractivity contribution in [1.29, 1.82) is 0 Å². The summed E-state index contributed by atoms with van der Waals surface area (Å²) >= 11 is 0. The van der Waals surface area contributed by atoms with E-state index in [0.29, 0.717) is 18.6 Å². The van der Waals surface area contributed by atoms with Crippen LogP contribution in [0.2, 0.25) is 0 Å². The van der Waals surface area contributed by atoms with Crippen molar-refractivity contribution >= 4 is 13.5 Å². The minimum Gasteiger partial charge on any atom is -0.490 e. The molecule has 0 unspecified atom stereocenters. The Morgan fingerprint density at radius 1 is 1.20 bits per heavy atom. The Kier molecular flexibility index (Phi) is 8.61. The van der Waals surface area contributed by atoms with Gasteiger partial charge in [0.25, 0.3) is 0 Å². The number of halogens is 3. The number of nitrogens with zero attached hydrogens (tertiary/aromatic N) is 1. The molecule has 1 saturated carbocycles. The molecule has 35 heavy (non-hydrogen) atoms. The molecule has 1 aliphatic rings. The molecule has 8 nitrogen and oxygen atoms in total. The number of phosphoric acid groups is 1. The van der Waals surface area contributed by atoms with Crippen LogP contribution in [0.1, 0.15) is 48.8 Å². The van der Waals surface area contributed by atoms with Gasteiger partial charge in [-0.2, -0.15) is 13.2 Å². The first-order valence-corrected chi connectivity index (χ1v) is 12.4. The second kappa shape index (κ2) is 11.1. The number of alkyl halides is 3. The third-order valence-corrected chi connectivity index (χ3v) is 6.24. The Morgan fingerprint density at radius 3 is 2.57 bits per heavy atom. The molecule has 0 amide bonds. The largest absolute Gasteiger partial charge is 0.490 e. The third-order valence-electron chi connectivity index (χ3n) is 5.77. The number of phosphoric ester groups is 1. The first-order chi connectivity index (χ1) is 16.3. The molecule has 0 spiro atoms. The molecule has 0 radical (unpaired) electrons. The van der Waals surface area contributed by atoms with Crippen LogP contribution in [-0.2, 0) is 20.1 Å². The van der Waals surface area contributed by atoms with Gasteiger partial charge in [-0.1, -0.05) is 35.5 Å². The molecule has 0 aliphatic heterocycles. The van der Waals surface area contributed by atoms with Crippen molar-refractivity contribution in [1.82, 2.24) is 0 Å². The van der Waals surface area contributed by atoms with Gasteiger partial charge in [-0.05, 0) is 61.4 Å². The van der Waals surface area contributed by atoms with Crippen molar-refractivity contribution in [3.8, 4) is 5.75 Å². The summed E-state index contributed by atoms with van der Waals surface area (Å²) in [6.45, 7) is 1.66. The van der Waals surface area contributed by atoms with Crippen LogP contribution in [0.25, 0.3) is 0 Å². The Hall–Kier alpha value is -2.43. The fourth-order valence-electron chi connectivity index (χ4n) is 3.94. The molecule has 2 aromatic carbocycles. The van der Waals surface area contributed by atoms with Gasteiger partial charge in [-0.25, -0.2) is 4.57 Å². The van der Waals surface area contributed by atoms with E-state index in [0.717, 1.165) is 29.7 Å². The zero-order valence-electron chi connectivity index (χ0n) is 19.1. The second-order valence-corrected chi connectivity index (χ2v) is 9.81. The van der Waals surface area contributed by atoms with Crippen LogP contribution in [0, 0.1) is 0 Å². The van der Waals surface area contributed by atoms with E-state index in [1.54, 1.807) is 6.92 Å². The molecule has 0 bridgehead atoms. The molecule has 2 aromatic rings. The number of hydrogen-bond donors (Lipinski definition) is 3. The van der Waals surface area contributed by atoms with Crippen molar-refractivity contribution < 1.29 is 41.6 Å². The number of benzene rings is 2. The fraction of sp³-hybridized carbons (Fsp3) is 0.435. The first-order valence-electron chi connectivity index (χ1n) is 10.9. The van der Waals surface area contributed by atoms with Gasteiger partial charge in [0.15, 0.2) is 6.61 Å². The highest BCUT2D eigenvalue weighted by Gasteiger charge is 2.38. The van der Waals surface area contributed by atoms with E-state index in [1.165, 1.54) is 12.1 Å². The molecule has 0 heterocycles. The van der Waals surface area contributed by atoms with E-state index >= 15 is 0 Å². The highest BCUT2D eigenvalue weighted by molar-refractivity contribution is 7.46. The van der Waals surface area contributed by atoms with Crippen molar-refractivity contribution in [3.05, 3.63) is 65.2 Å². The van der Waals surface area contributed by atoms with Crippen LogP contribution < -0.4 is 10.5 Å². The van der Waals surface area contributed by atoms with Crippen LogP contribution in [0.5, 0.6) is 5.75 Å². The molecule has 1 fully saturated rings. The van der Waals surface area contributed by atoms with Crippen LogP contribution in [0.3, 0.4) is 0 Å². The van der Waals surface area contributed by atoms with Gasteiger partial charge < -0.3 is 25.1 Å². The minimum absolute atomic E-state index is 0.0330. The normalized spacial score (nSPS) is 21.2. The predicted molar refractivity (Wildman–Crippen MR) is 123 cm³/mol. The van der Waals surface area contributed by atoms with Gasteiger partial charge in [-0.3, -0.25) is 4.52 Å². The summed E-state index contributed by atoms with van der Waals surface area (Å²) < 4.78 is 59.1. The summed E-state index contributed by atoms with van der Waals surface area (Å²) in [6.07, 6.45) is -2.51. The molecule has 0 saturated heterocycles. The molecule has 3 rings (SSSR count). The molecule has 4 N–H and O–H groups in total. The smallest absolute Gasteiger partial charge is 0.469 e. The van der Waals surface area contributed by atoms with Gasteiger partial charge >= 0.3 is 14.0 Å². The average molecular weight is 516 g/mol. The SMILES string of the molecule is C/C(=N\OCCOc1cccc(C(F)(F)F)c1)c1ccc([C@@H]2CC[C@](N)(COP(=O)(O)O)C2)cc1. The van der Waals surface area contributed by atoms with Crippen LogP contribution in [-0.4, -0.2) is 40.9 Å². The highest BCUT2D eigenvalue weighted by Crippen LogP contribution is 2.43. The quantitative estimate of drug-likeness (QED) is 0.183. The minimum atomic E-state index is -4.56. The summed E-state index contributed by atoms with van der Waals surface area (Å²) in [4.78, 5) is 23.0. The van der Waals surface area contributed by atoms with Gasteiger partial charge in [0, 0.05) is 5.54 Å². The van der Waals surface area contributed by atoms with E-state index in [2.05, 4.69) is 9.68 Å². The molecular weight excluding hydrogens is 488 g/mol. The predicted octanol–water partition coefficient (Wildman–Crippen LogP) is 4.60. The van der Waals surface area contributed by atoms with Gasteiger partial charge in [-0.15, -0.1) is 0 Å². The van der Waals surface area contributed by atoms with Crippen LogP contribution in [0.15, 0.2) is 53.7 Å². The maximum Gasteiger partial charge on any atom is 0.469 e. The van der Waals surface area contributed by atoms with Gasteiger partial charge in [0.2, 0.25) is 0 Å². The molecule has 192 valence electrons. The van der Waals surface area contributed by atoms with E-state index in [1.807, 2.05) is 24.3 Å². The third kappa shape index (κ3) is 8.33. The van der Waals surface area contributed by atoms with Gasteiger partial charge in [0.05, 0.1) is 17.9 Å². The summed E-state index contributed by atoms with van der Waals surface area (Å²) in [5.74, 6) is 0.248. The van der Waals surface area contributed by atoms with Crippen LogP contribution in [0.4, 0.5) is 13.2 Å². The molecule has 12 heteroatoms. The van der Waals surface area contributed by atoms with Crippen LogP contribution >= 0.6 is 7.82 Å². The number of ether oxygens (including phenoxy) is 1. The Morgan fingerprint density at radius 2 is 1.91 bits per heavy atom. The Labute approximate surface area is 201 Å². The lowest BCUT2D eigenvalue weighted by atomic mass is 9.93. The highest BCUT2D eigenvalue weighted by atomic mass is 31.2. The van der Waals surface area contributed by atoms with Crippen molar-refractivity contribution in [2.45, 2.75) is 43.8 Å². The lowest BCUT2D eigenvalue weighted by Crippen LogP contribution is -2.41. The Balaban J connectivity index is 1.46. The molecular formula is C23H28F3N2O6P. The summed E-state index contributed by atoms with van der Waals surface area (Å²) in [5.41, 5.74) is 7.18. The van der Waals surface area contributed by atoms with Crippen molar-refractivity contribution in [2.24, 2.45) is 10.9 Å². The molecule has 1 aliphatic carbocycles. The summed E-state index contributed by atoms with van der Waals surface area (Å²) in [5, 5.41) is 4.03. The standard InChI is InChI=1S/C23H28F3N2O6P/c1-16(28-33-12-11-32-21-4-2-3-20(13-21)23(24,25)26)17-5-7-18(8-6-17)19-9-10-22(27,14-19)15-34-35(29,30)31/h2-8,13,19H,9-12,14-15,27H2,1H3,(H2,29,30,31)/b28-16+/t19-,22-/m1/s1. The number of hydrogen-bond acceptors (Lipinski definition) is 6. The van der Waals surface area contributed by atoms with E-state index in [9.17, 15) is 17.7 Å². The Bertz CT molecular complexity index is 1070. The van der Waals surface area contributed by atoms with E-state index < -0.39 is 25.1 Å². The summed E-state index contributed by atoms with van der Waals surface area (Å²) in [7, 11) is -4.56. The zero-order valence-corrected chi connectivity index (χ0v) is 20.0. The number of oxime groups is 1. The van der Waals surface area contributed by atoms with Crippen molar-refractivity contribution in [3.63, 3.8) is 0 Å². The number of rotatable bonds is 10. The lowest BCUT2D eigenvalue weighted by Gasteiger charge is -2.24. The average Bonchev–Trinajstić information content (AvgIpc) is 3.19. The molecule has 2 atom stereocenters. The van der Waals surface area contributed by atoms with Crippen molar-refractivity contribution in [2.75, 3.05) is 19.8 Å².